The smallest absolute Gasteiger partial charge is 0.459 e. The average Bonchev–Trinajstić information content (AvgIpc) is 2.94. The summed E-state index contributed by atoms with van der Waals surface area (Å²) in [6, 6.07) is 7.42. The Kier molecular flexibility index (Phi) is 14.2. The molecule has 0 saturated carbocycles. The molecule has 42 heavy (non-hydrogen) atoms. The summed E-state index contributed by atoms with van der Waals surface area (Å²) in [4.78, 5) is 26.1. The number of methoxy groups -OCH3 is 1. The predicted octanol–water partition coefficient (Wildman–Crippen LogP) is 4.21. The highest BCUT2D eigenvalue weighted by Crippen LogP contribution is 2.45. The van der Waals surface area contributed by atoms with Crippen LogP contribution in [-0.2, 0) is 32.9 Å². The second-order valence-electron chi connectivity index (χ2n) is 10.5. The summed E-state index contributed by atoms with van der Waals surface area (Å²) >= 11 is 0. The van der Waals surface area contributed by atoms with Crippen molar-refractivity contribution in [2.45, 2.75) is 84.5 Å². The number of carbonyl (C=O) groups is 2. The monoisotopic (exact) mass is 611 g/mol. The first kappa shape index (κ1) is 35.5. The van der Waals surface area contributed by atoms with E-state index in [0.29, 0.717) is 12.0 Å². The van der Waals surface area contributed by atoms with Gasteiger partial charge in [-0.3, -0.25) is 14.1 Å². The van der Waals surface area contributed by atoms with Crippen LogP contribution >= 0.6 is 7.75 Å². The molecule has 1 heterocycles. The molecule has 4 atom stereocenters. The van der Waals surface area contributed by atoms with E-state index in [1.54, 1.807) is 53.7 Å². The van der Waals surface area contributed by atoms with Gasteiger partial charge in [0.2, 0.25) is 5.91 Å². The molecule has 3 unspecified atom stereocenters. The Balaban J connectivity index is 2.20. The van der Waals surface area contributed by atoms with Gasteiger partial charge in [-0.25, -0.2) is 4.57 Å². The Bertz CT molecular complexity index is 1100. The molecule has 1 amide bonds. The van der Waals surface area contributed by atoms with E-state index in [1.807, 2.05) is 13.8 Å². The number of hydrogen-bond donors (Lipinski definition) is 3. The molecular weight excluding hydrogens is 565 g/mol. The quantitative estimate of drug-likeness (QED) is 0.117. The molecule has 236 valence electrons. The number of aliphatic hydroxyl groups is 1. The Morgan fingerprint density at radius 3 is 2.40 bits per heavy atom. The maximum Gasteiger partial charge on any atom is 0.459 e. The highest BCUT2D eigenvalue weighted by Gasteiger charge is 2.35. The maximum atomic E-state index is 13.9. The van der Waals surface area contributed by atoms with Crippen LogP contribution in [0.4, 0.5) is 0 Å². The van der Waals surface area contributed by atoms with Crippen molar-refractivity contribution in [1.29, 1.82) is 0 Å². The van der Waals surface area contributed by atoms with Gasteiger partial charge in [-0.05, 0) is 45.2 Å². The predicted molar refractivity (Wildman–Crippen MR) is 158 cm³/mol. The van der Waals surface area contributed by atoms with Gasteiger partial charge in [0.25, 0.3) is 0 Å². The number of nitrogens with one attached hydrogen (secondary N) is 1. The number of para-hydroxylation sites is 1. The number of nitrogens with two attached hydrogens (primary N) is 1. The summed E-state index contributed by atoms with van der Waals surface area (Å²) in [7, 11) is -2.70. The van der Waals surface area contributed by atoms with Crippen LogP contribution in [0.1, 0.15) is 60.3 Å². The lowest BCUT2D eigenvalue weighted by atomic mass is 10.1. The van der Waals surface area contributed by atoms with Crippen molar-refractivity contribution >= 4 is 19.6 Å². The van der Waals surface area contributed by atoms with Gasteiger partial charge in [0.1, 0.15) is 18.0 Å². The molecule has 0 radical (unpaired) electrons. The third-order valence-electron chi connectivity index (χ3n) is 6.51. The topological polar surface area (TPSA) is 159 Å². The summed E-state index contributed by atoms with van der Waals surface area (Å²) in [6.07, 6.45) is 5.68. The third-order valence-corrected chi connectivity index (χ3v) is 8.16. The van der Waals surface area contributed by atoms with E-state index in [-0.39, 0.29) is 31.3 Å². The fourth-order valence-corrected chi connectivity index (χ4v) is 5.49. The molecule has 1 aliphatic heterocycles. The fraction of sp³-hybridized carbons (Fsp3) is 0.586. The first-order chi connectivity index (χ1) is 19.8. The fourth-order valence-electron chi connectivity index (χ4n) is 3.97. The Morgan fingerprint density at radius 2 is 1.83 bits per heavy atom. The largest absolute Gasteiger partial charge is 0.464 e. The normalized spacial score (nSPS) is 17.2. The molecule has 13 heteroatoms. The number of carbonyl (C=O) groups excluding carboxylic acids is 2. The molecule has 0 aliphatic carbocycles. The number of benzene rings is 1. The van der Waals surface area contributed by atoms with E-state index < -0.39 is 43.8 Å². The average molecular weight is 612 g/mol. The second kappa shape index (κ2) is 16.8. The zero-order valence-corrected chi connectivity index (χ0v) is 26.3. The van der Waals surface area contributed by atoms with Crippen molar-refractivity contribution in [3.8, 4) is 5.75 Å². The maximum absolute atomic E-state index is 13.9. The number of esters is 1. The molecule has 1 aromatic rings. The summed E-state index contributed by atoms with van der Waals surface area (Å²) in [5.74, 6) is -2.19. The lowest BCUT2D eigenvalue weighted by Crippen LogP contribution is -2.42. The Labute approximate surface area is 248 Å². The molecule has 1 aromatic carbocycles. The molecule has 1 aliphatic rings. The molecule has 2 rings (SSSR count). The van der Waals surface area contributed by atoms with E-state index in [2.05, 4.69) is 5.09 Å². The minimum Gasteiger partial charge on any atom is -0.464 e. The van der Waals surface area contributed by atoms with E-state index in [1.165, 1.54) is 27.9 Å². The van der Waals surface area contributed by atoms with Crippen LogP contribution < -0.4 is 15.3 Å². The molecule has 12 nitrogen and oxygen atoms in total. The highest BCUT2D eigenvalue weighted by molar-refractivity contribution is 7.52. The van der Waals surface area contributed by atoms with Gasteiger partial charge in [0.05, 0.1) is 19.3 Å². The summed E-state index contributed by atoms with van der Waals surface area (Å²) < 4.78 is 42.3. The van der Waals surface area contributed by atoms with Crippen LogP contribution in [0, 0.1) is 5.92 Å². The first-order valence-electron chi connectivity index (χ1n) is 14.1. The van der Waals surface area contributed by atoms with Gasteiger partial charge in [-0.1, -0.05) is 51.0 Å². The van der Waals surface area contributed by atoms with Crippen LogP contribution in [0.5, 0.6) is 5.75 Å². The number of ether oxygens (including phenoxy) is 3. The number of amides is 1. The first-order valence-corrected chi connectivity index (χ1v) is 15.6. The minimum absolute atomic E-state index is 0.117. The van der Waals surface area contributed by atoms with Gasteiger partial charge in [0, 0.05) is 31.5 Å². The Hall–Kier alpha value is -2.73. The second-order valence-corrected chi connectivity index (χ2v) is 12.2. The van der Waals surface area contributed by atoms with Crippen LogP contribution in [0.15, 0.2) is 54.4 Å². The van der Waals surface area contributed by atoms with Gasteiger partial charge in [-0.15, -0.1) is 0 Å². The molecule has 0 saturated heterocycles. The number of hydrogen-bond acceptors (Lipinski definition) is 10. The third kappa shape index (κ3) is 12.2. The van der Waals surface area contributed by atoms with Crippen molar-refractivity contribution in [3.63, 3.8) is 0 Å². The molecular formula is C29H46N3O9P. The zero-order valence-electron chi connectivity index (χ0n) is 25.4. The number of allylic oxidation sites excluding steroid dienone is 1. The lowest BCUT2D eigenvalue weighted by molar-refractivity contribution is -0.235. The van der Waals surface area contributed by atoms with Gasteiger partial charge >= 0.3 is 13.7 Å². The van der Waals surface area contributed by atoms with Crippen LogP contribution in [0.2, 0.25) is 0 Å². The zero-order chi connectivity index (χ0) is 31.3. The van der Waals surface area contributed by atoms with Gasteiger partial charge in [-0.2, -0.15) is 5.09 Å². The van der Waals surface area contributed by atoms with E-state index in [4.69, 9.17) is 29.0 Å². The SMILES string of the molecule is CCC(CC)COC(=O)C(C)NP(=O)(OCC(C[C@@H](OC(C)(C)O)N1C=CCC(C(N)=O)=C1)OC)Oc1ccccc1. The number of nitrogens with zero attached hydrogens (tertiary/aromatic N) is 1. The van der Waals surface area contributed by atoms with E-state index in [0.717, 1.165) is 12.8 Å². The number of primary amides is 1. The molecule has 0 fully saturated rings. The highest BCUT2D eigenvalue weighted by atomic mass is 31.2. The van der Waals surface area contributed by atoms with Crippen LogP contribution in [0.3, 0.4) is 0 Å². The summed E-state index contributed by atoms with van der Waals surface area (Å²) in [5, 5.41) is 13.1. The van der Waals surface area contributed by atoms with Crippen molar-refractivity contribution in [2.75, 3.05) is 20.3 Å². The summed E-state index contributed by atoms with van der Waals surface area (Å²) in [6.45, 7) is 8.54. The van der Waals surface area contributed by atoms with E-state index >= 15 is 0 Å². The molecule has 4 N–H and O–H groups in total. The number of rotatable bonds is 19. The van der Waals surface area contributed by atoms with Crippen LogP contribution in [-0.4, -0.2) is 66.4 Å². The van der Waals surface area contributed by atoms with Crippen molar-refractivity contribution in [3.05, 3.63) is 54.4 Å². The van der Waals surface area contributed by atoms with Crippen molar-refractivity contribution in [1.82, 2.24) is 9.99 Å². The molecule has 0 bridgehead atoms. The van der Waals surface area contributed by atoms with Crippen molar-refractivity contribution < 1.29 is 42.5 Å². The van der Waals surface area contributed by atoms with Gasteiger partial charge < -0.3 is 34.5 Å². The van der Waals surface area contributed by atoms with Crippen molar-refractivity contribution in [2.24, 2.45) is 11.7 Å². The Morgan fingerprint density at radius 1 is 1.17 bits per heavy atom. The summed E-state index contributed by atoms with van der Waals surface area (Å²) in [5.41, 5.74) is 5.83. The molecule has 0 spiro atoms. The van der Waals surface area contributed by atoms with Gasteiger partial charge in [0.15, 0.2) is 5.79 Å². The minimum atomic E-state index is -4.14. The standard InChI is InChI=1S/C29H46N3O9P/c1-7-22(8-2)19-38-28(34)21(3)31-42(36,41-24-14-10-9-11-15-24)39-20-25(37-6)17-26(40-29(4,5)35)32-16-12-13-23(18-32)27(30)33/h9-12,14-16,18,21-22,25-26,35H,7-8,13,17,19-20H2,1-6H3,(H2,30,33)(H,31,36)/t21?,25?,26-,42?/m1/s1. The van der Waals surface area contributed by atoms with E-state index in [9.17, 15) is 19.3 Å². The van der Waals surface area contributed by atoms with Crippen LogP contribution in [0.25, 0.3) is 0 Å². The molecule has 0 aromatic heterocycles. The lowest BCUT2D eigenvalue weighted by Gasteiger charge is -2.36.